The molecule has 0 aliphatic carbocycles. The molecule has 3 unspecified atom stereocenters. The molecule has 0 amide bonds. The molecule has 0 aromatic rings. The van der Waals surface area contributed by atoms with E-state index in [1.54, 1.807) is 0 Å². The zero-order valence-corrected chi connectivity index (χ0v) is 8.47. The Balaban J connectivity index is 2.57. The van der Waals surface area contributed by atoms with Crippen molar-refractivity contribution in [3.63, 3.8) is 0 Å². The van der Waals surface area contributed by atoms with Gasteiger partial charge in [-0.1, -0.05) is 20.8 Å². The Hall–Kier alpha value is -0.240. The zero-order chi connectivity index (χ0) is 9.30. The summed E-state index contributed by atoms with van der Waals surface area (Å²) in [5.74, 6) is 0.506. The van der Waals surface area contributed by atoms with Crippen LogP contribution in [0.4, 0.5) is 0 Å². The fourth-order valence-electron chi connectivity index (χ4n) is 1.45. The van der Waals surface area contributed by atoms with Crippen LogP contribution in [0.5, 0.6) is 0 Å². The van der Waals surface area contributed by atoms with Crippen LogP contribution in [-0.2, 0) is 9.53 Å². The van der Waals surface area contributed by atoms with Crippen LogP contribution in [-0.4, -0.2) is 17.5 Å². The van der Waals surface area contributed by atoms with E-state index in [1.165, 1.54) is 0 Å². The van der Waals surface area contributed by atoms with Crippen molar-refractivity contribution in [3.05, 3.63) is 0 Å². The van der Waals surface area contributed by atoms with E-state index in [0.717, 1.165) is 0 Å². The molecule has 2 nitrogen and oxygen atoms in total. The van der Waals surface area contributed by atoms with Crippen LogP contribution in [0, 0.1) is 11.8 Å². The second-order valence-electron chi connectivity index (χ2n) is 3.82. The van der Waals surface area contributed by atoms with Crippen molar-refractivity contribution in [2.75, 3.05) is 0 Å². The highest BCUT2D eigenvalue weighted by atomic mass is 35.5. The molecule has 0 aromatic heterocycles. The third-order valence-corrected chi connectivity index (χ3v) is 3.02. The lowest BCUT2D eigenvalue weighted by molar-refractivity contribution is -0.141. The van der Waals surface area contributed by atoms with Gasteiger partial charge >= 0.3 is 5.97 Å². The summed E-state index contributed by atoms with van der Waals surface area (Å²) in [6, 6.07) is 0. The van der Waals surface area contributed by atoms with Crippen LogP contribution in [0.1, 0.15) is 27.2 Å². The van der Waals surface area contributed by atoms with E-state index in [9.17, 15) is 4.79 Å². The number of alkyl halides is 1. The van der Waals surface area contributed by atoms with Crippen LogP contribution >= 0.6 is 11.6 Å². The molecule has 1 rings (SSSR count). The van der Waals surface area contributed by atoms with Crippen molar-refractivity contribution in [1.82, 2.24) is 0 Å². The minimum atomic E-state index is -0.112. The Labute approximate surface area is 78.2 Å². The Morgan fingerprint density at radius 3 is 2.50 bits per heavy atom. The summed E-state index contributed by atoms with van der Waals surface area (Å²) in [6.45, 7) is 6.08. The van der Waals surface area contributed by atoms with Gasteiger partial charge in [0.25, 0.3) is 0 Å². The molecule has 1 aliphatic rings. The molecule has 3 heteroatoms. The topological polar surface area (TPSA) is 26.3 Å². The molecule has 1 aliphatic heterocycles. The minimum Gasteiger partial charge on any atom is -0.460 e. The molecule has 1 saturated heterocycles. The van der Waals surface area contributed by atoms with Gasteiger partial charge in [-0.25, -0.2) is 0 Å². The van der Waals surface area contributed by atoms with Crippen molar-refractivity contribution in [1.29, 1.82) is 0 Å². The van der Waals surface area contributed by atoms with Gasteiger partial charge in [0.2, 0.25) is 0 Å². The summed E-state index contributed by atoms with van der Waals surface area (Å²) in [5, 5.41) is -0.0496. The van der Waals surface area contributed by atoms with Gasteiger partial charge in [0.05, 0.1) is 11.8 Å². The predicted molar refractivity (Wildman–Crippen MR) is 48.1 cm³/mol. The fraction of sp³-hybridized carbons (Fsp3) is 0.889. The number of esters is 1. The van der Waals surface area contributed by atoms with Crippen molar-refractivity contribution >= 4 is 17.6 Å². The number of carbonyl (C=O) groups excluding carboxylic acids is 1. The van der Waals surface area contributed by atoms with E-state index >= 15 is 0 Å². The van der Waals surface area contributed by atoms with E-state index in [4.69, 9.17) is 16.3 Å². The molecule has 0 spiro atoms. The normalized spacial score (nSPS) is 32.2. The molecule has 1 heterocycles. The lowest BCUT2D eigenvalue weighted by atomic mass is 9.95. The minimum absolute atomic E-state index is 0.0496. The van der Waals surface area contributed by atoms with Crippen LogP contribution < -0.4 is 0 Å². The lowest BCUT2D eigenvalue weighted by Gasteiger charge is -2.22. The largest absolute Gasteiger partial charge is 0.460 e. The summed E-state index contributed by atoms with van der Waals surface area (Å²) in [5.41, 5.74) is 0. The number of cyclic esters (lactones) is 1. The summed E-state index contributed by atoms with van der Waals surface area (Å²) in [6.07, 6.45) is 0.430. The van der Waals surface area contributed by atoms with Crippen LogP contribution in [0.3, 0.4) is 0 Å². The van der Waals surface area contributed by atoms with Crippen LogP contribution in [0.2, 0.25) is 0 Å². The van der Waals surface area contributed by atoms with Crippen molar-refractivity contribution < 1.29 is 9.53 Å². The molecule has 0 saturated carbocycles. The van der Waals surface area contributed by atoms with Crippen molar-refractivity contribution in [2.45, 2.75) is 38.7 Å². The lowest BCUT2D eigenvalue weighted by Crippen LogP contribution is -2.29. The first-order valence-electron chi connectivity index (χ1n) is 4.36. The number of ether oxygens (including phenoxy) is 1. The van der Waals surface area contributed by atoms with Gasteiger partial charge in [-0.15, -0.1) is 11.6 Å². The summed E-state index contributed by atoms with van der Waals surface area (Å²) < 4.78 is 5.13. The Morgan fingerprint density at radius 2 is 2.17 bits per heavy atom. The number of rotatable bonds is 2. The van der Waals surface area contributed by atoms with Crippen LogP contribution in [0.15, 0.2) is 0 Å². The second kappa shape index (κ2) is 3.65. The summed E-state index contributed by atoms with van der Waals surface area (Å²) in [4.78, 5) is 10.9. The molecule has 0 aromatic carbocycles. The van der Waals surface area contributed by atoms with E-state index in [0.29, 0.717) is 12.3 Å². The van der Waals surface area contributed by atoms with Crippen molar-refractivity contribution in [2.24, 2.45) is 11.8 Å². The third-order valence-electron chi connectivity index (χ3n) is 2.27. The van der Waals surface area contributed by atoms with Gasteiger partial charge in [0.1, 0.15) is 6.10 Å². The van der Waals surface area contributed by atoms with Crippen molar-refractivity contribution in [3.8, 4) is 0 Å². The molecular weight excluding hydrogens is 176 g/mol. The number of carbonyl (C=O) groups is 1. The van der Waals surface area contributed by atoms with Gasteiger partial charge in [0.15, 0.2) is 0 Å². The first kappa shape index (κ1) is 9.85. The maximum atomic E-state index is 10.9. The smallest absolute Gasteiger partial charge is 0.306 e. The predicted octanol–water partition coefficient (Wildman–Crippen LogP) is 2.20. The highest BCUT2D eigenvalue weighted by Crippen LogP contribution is 2.30. The SMILES string of the molecule is CC(C)C(Cl)C1OC(=O)CC1C. The fourth-order valence-corrected chi connectivity index (χ4v) is 1.75. The number of hydrogen-bond acceptors (Lipinski definition) is 2. The molecule has 1 fully saturated rings. The molecule has 0 radical (unpaired) electrons. The molecular formula is C9H15ClO2. The monoisotopic (exact) mass is 190 g/mol. The molecule has 0 bridgehead atoms. The van der Waals surface area contributed by atoms with E-state index in [-0.39, 0.29) is 23.4 Å². The summed E-state index contributed by atoms with van der Waals surface area (Å²) >= 11 is 6.10. The molecule has 3 atom stereocenters. The first-order valence-corrected chi connectivity index (χ1v) is 4.79. The first-order chi connectivity index (χ1) is 5.52. The molecule has 0 N–H and O–H groups in total. The second-order valence-corrected chi connectivity index (χ2v) is 4.33. The number of halogens is 1. The van der Waals surface area contributed by atoms with Crippen LogP contribution in [0.25, 0.3) is 0 Å². The van der Waals surface area contributed by atoms with Gasteiger partial charge in [-0.3, -0.25) is 4.79 Å². The maximum Gasteiger partial charge on any atom is 0.306 e. The van der Waals surface area contributed by atoms with Gasteiger partial charge in [-0.05, 0) is 5.92 Å². The Kier molecular flexibility index (Phi) is 2.99. The highest BCUT2D eigenvalue weighted by Gasteiger charge is 2.37. The quantitative estimate of drug-likeness (QED) is 0.493. The van der Waals surface area contributed by atoms with Gasteiger partial charge in [-0.2, -0.15) is 0 Å². The third kappa shape index (κ3) is 1.92. The average molecular weight is 191 g/mol. The van der Waals surface area contributed by atoms with Gasteiger partial charge in [0, 0.05) is 5.92 Å². The highest BCUT2D eigenvalue weighted by molar-refractivity contribution is 6.21. The number of hydrogen-bond donors (Lipinski definition) is 0. The molecule has 12 heavy (non-hydrogen) atoms. The standard InChI is InChI=1S/C9H15ClO2/c1-5(2)8(10)9-6(3)4-7(11)12-9/h5-6,8-9H,4H2,1-3H3. The molecule has 70 valence electrons. The maximum absolute atomic E-state index is 10.9. The average Bonchev–Trinajstić information content (AvgIpc) is 2.28. The van der Waals surface area contributed by atoms with E-state index < -0.39 is 0 Å². The zero-order valence-electron chi connectivity index (χ0n) is 7.71. The van der Waals surface area contributed by atoms with E-state index in [1.807, 2.05) is 20.8 Å². The van der Waals surface area contributed by atoms with E-state index in [2.05, 4.69) is 0 Å². The summed E-state index contributed by atoms with van der Waals surface area (Å²) in [7, 11) is 0. The van der Waals surface area contributed by atoms with Gasteiger partial charge < -0.3 is 4.74 Å². The Bertz CT molecular complexity index is 179. The Morgan fingerprint density at radius 1 is 1.58 bits per heavy atom.